The number of carbonyl (C=O) groups excluding carboxylic acids is 2. The third kappa shape index (κ3) is 5.44. The molecule has 0 radical (unpaired) electrons. The molecule has 0 spiro atoms. The molecule has 0 bridgehead atoms. The number of phenols is 1. The Morgan fingerprint density at radius 3 is 2.79 bits per heavy atom. The molecule has 1 fully saturated rings. The van der Waals surface area contributed by atoms with E-state index < -0.39 is 5.60 Å². The summed E-state index contributed by atoms with van der Waals surface area (Å²) < 4.78 is 5.33. The Balaban J connectivity index is 1.75. The quantitative estimate of drug-likeness (QED) is 0.885. The second kappa shape index (κ2) is 7.55. The summed E-state index contributed by atoms with van der Waals surface area (Å²) in [5.41, 5.74) is 0.440. The number of amides is 2. The first-order valence-corrected chi connectivity index (χ1v) is 8.28. The van der Waals surface area contributed by atoms with E-state index in [1.54, 1.807) is 23.1 Å². The zero-order valence-electron chi connectivity index (χ0n) is 14.5. The van der Waals surface area contributed by atoms with Gasteiger partial charge in [-0.3, -0.25) is 4.79 Å². The van der Waals surface area contributed by atoms with E-state index in [0.29, 0.717) is 32.5 Å². The molecule has 1 atom stereocenters. The van der Waals surface area contributed by atoms with Crippen LogP contribution in [0.3, 0.4) is 0 Å². The van der Waals surface area contributed by atoms with E-state index in [-0.39, 0.29) is 23.7 Å². The molecular formula is C18H26N2O4. The Morgan fingerprint density at radius 1 is 1.38 bits per heavy atom. The number of nitrogens with one attached hydrogen (secondary N) is 1. The van der Waals surface area contributed by atoms with Crippen LogP contribution in [-0.4, -0.2) is 47.2 Å². The Labute approximate surface area is 142 Å². The highest BCUT2D eigenvalue weighted by molar-refractivity contribution is 5.80. The normalized spacial score (nSPS) is 17.6. The molecule has 2 rings (SSSR count). The van der Waals surface area contributed by atoms with Crippen molar-refractivity contribution in [2.45, 2.75) is 39.2 Å². The predicted molar refractivity (Wildman–Crippen MR) is 90.7 cm³/mol. The number of hydrogen-bond donors (Lipinski definition) is 2. The number of phenolic OH excluding ortho intramolecular Hbond substituents is 1. The van der Waals surface area contributed by atoms with E-state index in [9.17, 15) is 14.7 Å². The number of carbonyl (C=O) groups is 2. The van der Waals surface area contributed by atoms with Crippen LogP contribution in [0, 0.1) is 5.92 Å². The molecule has 1 aromatic rings. The second-order valence-corrected chi connectivity index (χ2v) is 7.12. The lowest BCUT2D eigenvalue weighted by Crippen LogP contribution is -2.38. The maximum Gasteiger partial charge on any atom is 0.410 e. The summed E-state index contributed by atoms with van der Waals surface area (Å²) in [6.07, 6.45) is 0.942. The van der Waals surface area contributed by atoms with Gasteiger partial charge in [0.05, 0.1) is 5.92 Å². The van der Waals surface area contributed by atoms with Gasteiger partial charge >= 0.3 is 6.09 Å². The minimum absolute atomic E-state index is 0.0405. The maximum atomic E-state index is 12.2. The lowest BCUT2D eigenvalue weighted by Gasteiger charge is -2.24. The fourth-order valence-electron chi connectivity index (χ4n) is 2.65. The highest BCUT2D eigenvalue weighted by atomic mass is 16.6. The third-order valence-electron chi connectivity index (χ3n) is 3.83. The summed E-state index contributed by atoms with van der Waals surface area (Å²) in [6.45, 7) is 6.92. The first kappa shape index (κ1) is 18.1. The van der Waals surface area contributed by atoms with Crippen LogP contribution in [0.2, 0.25) is 0 Å². The standard InChI is InChI=1S/C18H26N2O4/c1-18(2,3)24-17(23)20-10-8-14(12-20)16(22)19-9-7-13-5-4-6-15(21)11-13/h4-6,11,14,21H,7-10,12H2,1-3H3,(H,19,22). The van der Waals surface area contributed by atoms with Crippen LogP contribution in [-0.2, 0) is 16.0 Å². The molecule has 2 N–H and O–H groups in total. The number of benzene rings is 1. The molecular weight excluding hydrogens is 308 g/mol. The van der Waals surface area contributed by atoms with Gasteiger partial charge in [0.25, 0.3) is 0 Å². The van der Waals surface area contributed by atoms with Gasteiger partial charge in [0.2, 0.25) is 5.91 Å². The number of ether oxygens (including phenoxy) is 1. The van der Waals surface area contributed by atoms with Crippen molar-refractivity contribution in [2.24, 2.45) is 5.92 Å². The fraction of sp³-hybridized carbons (Fsp3) is 0.556. The number of rotatable bonds is 4. The molecule has 24 heavy (non-hydrogen) atoms. The van der Waals surface area contributed by atoms with Crippen molar-refractivity contribution >= 4 is 12.0 Å². The van der Waals surface area contributed by atoms with Crippen LogP contribution >= 0.6 is 0 Å². The van der Waals surface area contributed by atoms with Gasteiger partial charge in [0, 0.05) is 19.6 Å². The predicted octanol–water partition coefficient (Wildman–Crippen LogP) is 2.31. The maximum absolute atomic E-state index is 12.2. The van der Waals surface area contributed by atoms with Crippen LogP contribution in [0.4, 0.5) is 4.79 Å². The molecule has 6 nitrogen and oxygen atoms in total. The number of aromatic hydroxyl groups is 1. The van der Waals surface area contributed by atoms with Gasteiger partial charge in [0.1, 0.15) is 11.4 Å². The van der Waals surface area contributed by atoms with Crippen molar-refractivity contribution in [3.8, 4) is 5.75 Å². The van der Waals surface area contributed by atoms with Crippen molar-refractivity contribution < 1.29 is 19.4 Å². The van der Waals surface area contributed by atoms with Crippen LogP contribution in [0.25, 0.3) is 0 Å². The lowest BCUT2D eigenvalue weighted by atomic mass is 10.1. The summed E-state index contributed by atoms with van der Waals surface area (Å²) in [5, 5.41) is 12.3. The average molecular weight is 334 g/mol. The first-order chi connectivity index (χ1) is 11.2. The third-order valence-corrected chi connectivity index (χ3v) is 3.83. The summed E-state index contributed by atoms with van der Waals surface area (Å²) in [7, 11) is 0. The second-order valence-electron chi connectivity index (χ2n) is 7.12. The van der Waals surface area contributed by atoms with Crippen LogP contribution in [0.5, 0.6) is 5.75 Å². The molecule has 6 heteroatoms. The van der Waals surface area contributed by atoms with Gasteiger partial charge in [0.15, 0.2) is 0 Å². The molecule has 1 aromatic carbocycles. The van der Waals surface area contributed by atoms with E-state index in [2.05, 4.69) is 5.32 Å². The SMILES string of the molecule is CC(C)(C)OC(=O)N1CCC(C(=O)NCCc2cccc(O)c2)C1. The Hall–Kier alpha value is -2.24. The average Bonchev–Trinajstić information content (AvgIpc) is 2.95. The molecule has 0 aromatic heterocycles. The minimum atomic E-state index is -0.529. The summed E-state index contributed by atoms with van der Waals surface area (Å²) in [6, 6.07) is 6.99. The van der Waals surface area contributed by atoms with E-state index in [0.717, 1.165) is 5.56 Å². The van der Waals surface area contributed by atoms with Gasteiger partial charge in [-0.25, -0.2) is 4.79 Å². The van der Waals surface area contributed by atoms with Crippen molar-refractivity contribution in [3.05, 3.63) is 29.8 Å². The zero-order valence-corrected chi connectivity index (χ0v) is 14.5. The smallest absolute Gasteiger partial charge is 0.410 e. The number of nitrogens with zero attached hydrogens (tertiary/aromatic N) is 1. The lowest BCUT2D eigenvalue weighted by molar-refractivity contribution is -0.124. The monoisotopic (exact) mass is 334 g/mol. The Kier molecular flexibility index (Phi) is 5.70. The van der Waals surface area contributed by atoms with Gasteiger partial charge in [-0.1, -0.05) is 12.1 Å². The van der Waals surface area contributed by atoms with Crippen molar-refractivity contribution in [1.29, 1.82) is 0 Å². The van der Waals surface area contributed by atoms with Gasteiger partial charge in [-0.15, -0.1) is 0 Å². The summed E-state index contributed by atoms with van der Waals surface area (Å²) in [4.78, 5) is 25.8. The molecule has 1 unspecified atom stereocenters. The van der Waals surface area contributed by atoms with E-state index in [1.807, 2.05) is 26.8 Å². The molecule has 1 saturated heterocycles. The molecule has 132 valence electrons. The summed E-state index contributed by atoms with van der Waals surface area (Å²) in [5.74, 6) is -0.00877. The topological polar surface area (TPSA) is 78.9 Å². The van der Waals surface area contributed by atoms with Crippen LogP contribution in [0.1, 0.15) is 32.8 Å². The first-order valence-electron chi connectivity index (χ1n) is 8.28. The molecule has 2 amide bonds. The summed E-state index contributed by atoms with van der Waals surface area (Å²) >= 11 is 0. The largest absolute Gasteiger partial charge is 0.508 e. The van der Waals surface area contributed by atoms with E-state index >= 15 is 0 Å². The van der Waals surface area contributed by atoms with Crippen LogP contribution < -0.4 is 5.32 Å². The molecule has 1 aliphatic heterocycles. The minimum Gasteiger partial charge on any atom is -0.508 e. The number of hydrogen-bond acceptors (Lipinski definition) is 4. The highest BCUT2D eigenvalue weighted by Crippen LogP contribution is 2.19. The van der Waals surface area contributed by atoms with Crippen molar-refractivity contribution in [3.63, 3.8) is 0 Å². The van der Waals surface area contributed by atoms with Crippen molar-refractivity contribution in [2.75, 3.05) is 19.6 Å². The molecule has 1 aliphatic rings. The molecule has 0 saturated carbocycles. The Bertz CT molecular complexity index is 595. The van der Waals surface area contributed by atoms with Crippen LogP contribution in [0.15, 0.2) is 24.3 Å². The van der Waals surface area contributed by atoms with Crippen molar-refractivity contribution in [1.82, 2.24) is 10.2 Å². The van der Waals surface area contributed by atoms with Gasteiger partial charge in [-0.2, -0.15) is 0 Å². The van der Waals surface area contributed by atoms with Gasteiger partial charge < -0.3 is 20.1 Å². The van der Waals surface area contributed by atoms with E-state index in [1.165, 1.54) is 0 Å². The zero-order chi connectivity index (χ0) is 17.7. The van der Waals surface area contributed by atoms with E-state index in [4.69, 9.17) is 4.74 Å². The van der Waals surface area contributed by atoms with Gasteiger partial charge in [-0.05, 0) is 51.3 Å². The highest BCUT2D eigenvalue weighted by Gasteiger charge is 2.33. The fourth-order valence-corrected chi connectivity index (χ4v) is 2.65. The molecule has 1 heterocycles. The Morgan fingerprint density at radius 2 is 2.12 bits per heavy atom. The molecule has 0 aliphatic carbocycles. The number of likely N-dealkylation sites (tertiary alicyclic amines) is 1.